The van der Waals surface area contributed by atoms with Crippen molar-refractivity contribution in [2.45, 2.75) is 0 Å². The van der Waals surface area contributed by atoms with Gasteiger partial charge in [0, 0.05) is 92.9 Å². The van der Waals surface area contributed by atoms with Crippen molar-refractivity contribution in [1.82, 2.24) is 27.4 Å². The van der Waals surface area contributed by atoms with E-state index < -0.39 is 0 Å². The number of benzene rings is 14. The van der Waals surface area contributed by atoms with Crippen LogP contribution in [0.25, 0.3) is 176 Å². The van der Waals surface area contributed by atoms with Crippen LogP contribution in [0.4, 0.5) is 0 Å². The molecule has 0 aliphatic heterocycles. The third-order valence-corrected chi connectivity index (χ3v) is 19.9. The van der Waals surface area contributed by atoms with Crippen LogP contribution < -0.4 is 0 Å². The second-order valence-corrected chi connectivity index (χ2v) is 24.6. The molecule has 0 amide bonds. The monoisotopic (exact) mass is 1190 g/mol. The molecule has 434 valence electrons. The molecular formula is C86H50N8. The summed E-state index contributed by atoms with van der Waals surface area (Å²) in [5, 5.41) is 37.0. The summed E-state index contributed by atoms with van der Waals surface area (Å²) in [5.41, 5.74) is 20.5. The van der Waals surface area contributed by atoms with Gasteiger partial charge in [0.2, 0.25) is 0 Å². The smallest absolute Gasteiger partial charge is 0.104 e. The minimum absolute atomic E-state index is 0.464. The summed E-state index contributed by atoms with van der Waals surface area (Å²) in [4.78, 5) is 0. The Kier molecular flexibility index (Phi) is 10.8. The maximum Gasteiger partial charge on any atom is 0.104 e. The van der Waals surface area contributed by atoms with E-state index in [0.29, 0.717) is 22.5 Å². The van der Waals surface area contributed by atoms with Crippen molar-refractivity contribution >= 4 is 131 Å². The standard InChI is InChI=1S/C86H50N8/c87-51-53-18-17-19-54(46-53)59-44-45-81(93-82-47-55(89-73-28-9-1-20-60(73)61-21-2-10-29-74(61)89)36-40-68(82)69-41-37-56(48-83(69)93)90-75-30-11-3-22-62(75)63-23-4-12-31-76(63)90)72(52-88)86(59)94-84-49-57(91-77-32-13-5-24-64(77)65-25-6-14-33-78(65)91)38-42-70(84)71-43-39-58(50-85(71)94)92-79-34-15-7-26-66(79)67-27-8-16-35-80(67)92/h1-50H. The maximum atomic E-state index is 12.8. The molecular weight excluding hydrogens is 1150 g/mol. The predicted molar refractivity (Wildman–Crippen MR) is 387 cm³/mol. The fourth-order valence-corrected chi connectivity index (χ4v) is 15.9. The first kappa shape index (κ1) is 51.7. The van der Waals surface area contributed by atoms with E-state index in [9.17, 15) is 10.5 Å². The van der Waals surface area contributed by atoms with Crippen molar-refractivity contribution in [3.63, 3.8) is 0 Å². The summed E-state index contributed by atoms with van der Waals surface area (Å²) in [6.45, 7) is 0. The van der Waals surface area contributed by atoms with Gasteiger partial charge in [-0.15, -0.1) is 0 Å². The number of hydrogen-bond acceptors (Lipinski definition) is 2. The topological polar surface area (TPSA) is 77.2 Å². The minimum atomic E-state index is 0.464. The van der Waals surface area contributed by atoms with Gasteiger partial charge in [-0.05, 0) is 121 Å². The summed E-state index contributed by atoms with van der Waals surface area (Å²) in [6, 6.07) is 114. The van der Waals surface area contributed by atoms with Crippen molar-refractivity contribution in [3.05, 3.63) is 314 Å². The number of nitrogens with zero attached hydrogens (tertiary/aromatic N) is 8. The summed E-state index contributed by atoms with van der Waals surface area (Å²) < 4.78 is 14.2. The van der Waals surface area contributed by atoms with Crippen molar-refractivity contribution in [3.8, 4) is 57.4 Å². The molecule has 0 atom stereocenters. The van der Waals surface area contributed by atoms with Gasteiger partial charge in [-0.2, -0.15) is 10.5 Å². The fraction of sp³-hybridized carbons (Fsp3) is 0. The SMILES string of the molecule is N#Cc1cccc(-c2ccc(-n3c4cc(-n5c6ccccc6c6ccccc65)ccc4c4ccc(-n5c6ccccc6c6ccccc65)cc43)c(C#N)c2-n2c3cc(-n4c5ccccc5c5ccccc54)ccc3c3ccc(-n4c5ccccc5c5ccccc54)cc32)c1. The van der Waals surface area contributed by atoms with Crippen LogP contribution >= 0.6 is 0 Å². The molecule has 0 saturated heterocycles. The Labute approximate surface area is 537 Å². The Morgan fingerprint density at radius 1 is 0.213 bits per heavy atom. The van der Waals surface area contributed by atoms with Gasteiger partial charge in [-0.25, -0.2) is 0 Å². The van der Waals surface area contributed by atoms with Gasteiger partial charge in [0.15, 0.2) is 0 Å². The molecule has 20 aromatic rings. The van der Waals surface area contributed by atoms with E-state index in [1.807, 2.05) is 18.2 Å². The molecule has 6 heterocycles. The molecule has 0 radical (unpaired) electrons. The van der Waals surface area contributed by atoms with Crippen molar-refractivity contribution < 1.29 is 0 Å². The number of para-hydroxylation sites is 8. The molecule has 8 heteroatoms. The van der Waals surface area contributed by atoms with E-state index >= 15 is 0 Å². The maximum absolute atomic E-state index is 12.8. The Bertz CT molecular complexity index is 6220. The highest BCUT2D eigenvalue weighted by atomic mass is 15.1. The molecule has 0 N–H and O–H groups in total. The van der Waals surface area contributed by atoms with Crippen LogP contribution in [0.5, 0.6) is 0 Å². The van der Waals surface area contributed by atoms with E-state index in [4.69, 9.17) is 0 Å². The molecule has 0 aliphatic carbocycles. The quantitative estimate of drug-likeness (QED) is 0.159. The Balaban J connectivity index is 0.943. The zero-order valence-corrected chi connectivity index (χ0v) is 50.4. The number of hydrogen-bond donors (Lipinski definition) is 0. The number of rotatable bonds is 7. The molecule has 0 unspecified atom stereocenters. The van der Waals surface area contributed by atoms with Gasteiger partial charge in [0.1, 0.15) is 11.6 Å². The Hall–Kier alpha value is -13.1. The number of aromatic nitrogens is 6. The molecule has 94 heavy (non-hydrogen) atoms. The largest absolute Gasteiger partial charge is 0.309 e. The molecule has 8 nitrogen and oxygen atoms in total. The predicted octanol–water partition coefficient (Wildman–Crippen LogP) is 21.7. The summed E-state index contributed by atoms with van der Waals surface area (Å²) in [6.07, 6.45) is 0. The molecule has 0 bridgehead atoms. The molecule has 0 aliphatic rings. The van der Waals surface area contributed by atoms with Crippen LogP contribution in [0, 0.1) is 22.7 Å². The Morgan fingerprint density at radius 2 is 0.500 bits per heavy atom. The summed E-state index contributed by atoms with van der Waals surface area (Å²) in [5.74, 6) is 0. The third-order valence-electron chi connectivity index (χ3n) is 19.9. The van der Waals surface area contributed by atoms with Crippen LogP contribution in [0.15, 0.2) is 303 Å². The van der Waals surface area contributed by atoms with E-state index in [1.165, 1.54) is 43.1 Å². The molecule has 14 aromatic carbocycles. The average molecular weight is 1200 g/mol. The van der Waals surface area contributed by atoms with Gasteiger partial charge >= 0.3 is 0 Å². The first-order valence-electron chi connectivity index (χ1n) is 31.8. The minimum Gasteiger partial charge on any atom is -0.309 e. The van der Waals surface area contributed by atoms with Gasteiger partial charge in [0.05, 0.1) is 89.2 Å². The lowest BCUT2D eigenvalue weighted by Crippen LogP contribution is -2.07. The van der Waals surface area contributed by atoms with Crippen molar-refractivity contribution in [2.24, 2.45) is 0 Å². The lowest BCUT2D eigenvalue weighted by Gasteiger charge is -2.21. The van der Waals surface area contributed by atoms with E-state index in [2.05, 4.69) is 325 Å². The lowest BCUT2D eigenvalue weighted by atomic mass is 9.97. The van der Waals surface area contributed by atoms with E-state index in [0.717, 1.165) is 122 Å². The summed E-state index contributed by atoms with van der Waals surface area (Å²) >= 11 is 0. The van der Waals surface area contributed by atoms with E-state index in [1.54, 1.807) is 0 Å². The van der Waals surface area contributed by atoms with Crippen molar-refractivity contribution in [2.75, 3.05) is 0 Å². The highest BCUT2D eigenvalue weighted by molar-refractivity contribution is 6.17. The van der Waals surface area contributed by atoms with Gasteiger partial charge in [-0.3, -0.25) is 0 Å². The third kappa shape index (κ3) is 7.19. The first-order chi connectivity index (χ1) is 46.6. The van der Waals surface area contributed by atoms with Crippen LogP contribution in [0.2, 0.25) is 0 Å². The van der Waals surface area contributed by atoms with Gasteiger partial charge in [-0.1, -0.05) is 188 Å². The molecule has 0 spiro atoms. The molecule has 0 saturated carbocycles. The summed E-state index contributed by atoms with van der Waals surface area (Å²) in [7, 11) is 0. The van der Waals surface area contributed by atoms with Crippen LogP contribution in [0.1, 0.15) is 11.1 Å². The van der Waals surface area contributed by atoms with Crippen LogP contribution in [0.3, 0.4) is 0 Å². The Morgan fingerprint density at radius 3 is 0.798 bits per heavy atom. The van der Waals surface area contributed by atoms with E-state index in [-0.39, 0.29) is 0 Å². The number of fused-ring (bicyclic) bond motifs is 18. The highest BCUT2D eigenvalue weighted by Gasteiger charge is 2.28. The van der Waals surface area contributed by atoms with Gasteiger partial charge < -0.3 is 27.4 Å². The molecule has 0 fully saturated rings. The fourth-order valence-electron chi connectivity index (χ4n) is 15.9. The zero-order chi connectivity index (χ0) is 61.9. The second-order valence-electron chi connectivity index (χ2n) is 24.6. The lowest BCUT2D eigenvalue weighted by molar-refractivity contribution is 1.10. The first-order valence-corrected chi connectivity index (χ1v) is 31.8. The van der Waals surface area contributed by atoms with Crippen LogP contribution in [-0.4, -0.2) is 27.4 Å². The highest BCUT2D eigenvalue weighted by Crippen LogP contribution is 2.46. The van der Waals surface area contributed by atoms with Gasteiger partial charge in [0.25, 0.3) is 0 Å². The average Bonchev–Trinajstić information content (AvgIpc) is 1.54. The zero-order valence-electron chi connectivity index (χ0n) is 50.4. The number of nitriles is 2. The molecule has 20 rings (SSSR count). The second kappa shape index (κ2) is 19.7. The molecule has 6 aromatic heterocycles. The van der Waals surface area contributed by atoms with Crippen molar-refractivity contribution in [1.29, 1.82) is 10.5 Å². The normalized spacial score (nSPS) is 12.0. The van der Waals surface area contributed by atoms with Crippen LogP contribution in [-0.2, 0) is 0 Å².